The van der Waals surface area contributed by atoms with Crippen LogP contribution >= 0.6 is 28.3 Å². The van der Waals surface area contributed by atoms with E-state index in [2.05, 4.69) is 26.6 Å². The van der Waals surface area contributed by atoms with Crippen LogP contribution in [-0.4, -0.2) is 25.5 Å². The van der Waals surface area contributed by atoms with Gasteiger partial charge in [-0.25, -0.2) is 0 Å². The second-order valence-corrected chi connectivity index (χ2v) is 4.86. The molecule has 1 atom stereocenters. The van der Waals surface area contributed by atoms with Crippen molar-refractivity contribution in [3.63, 3.8) is 0 Å². The van der Waals surface area contributed by atoms with Crippen molar-refractivity contribution in [2.24, 2.45) is 5.92 Å². The van der Waals surface area contributed by atoms with Crippen molar-refractivity contribution in [1.82, 2.24) is 10.6 Å². The van der Waals surface area contributed by atoms with E-state index in [1.54, 1.807) is 6.07 Å². The van der Waals surface area contributed by atoms with Crippen molar-refractivity contribution >= 4 is 34.2 Å². The van der Waals surface area contributed by atoms with Gasteiger partial charge in [0.25, 0.3) is 5.91 Å². The number of hydrogen-bond donors (Lipinski definition) is 2. The van der Waals surface area contributed by atoms with E-state index in [1.807, 2.05) is 0 Å². The third-order valence-electron chi connectivity index (χ3n) is 2.82. The van der Waals surface area contributed by atoms with E-state index >= 15 is 0 Å². The van der Waals surface area contributed by atoms with Crippen LogP contribution in [0.1, 0.15) is 23.4 Å². The lowest BCUT2D eigenvalue weighted by atomic mass is 10.1. The van der Waals surface area contributed by atoms with Gasteiger partial charge >= 0.3 is 0 Å². The topological polar surface area (TPSA) is 54.3 Å². The van der Waals surface area contributed by atoms with Crippen LogP contribution in [0, 0.1) is 5.92 Å². The Morgan fingerprint density at radius 3 is 3.06 bits per heavy atom. The Bertz CT molecular complexity index is 364. The van der Waals surface area contributed by atoms with Gasteiger partial charge in [-0.2, -0.15) is 0 Å². The molecule has 1 unspecified atom stereocenters. The van der Waals surface area contributed by atoms with E-state index in [-0.39, 0.29) is 18.3 Å². The zero-order valence-corrected chi connectivity index (χ0v) is 11.8. The van der Waals surface area contributed by atoms with Crippen molar-refractivity contribution in [3.05, 3.63) is 22.6 Å². The van der Waals surface area contributed by atoms with Crippen LogP contribution in [0.15, 0.2) is 21.2 Å². The largest absolute Gasteiger partial charge is 0.458 e. The highest BCUT2D eigenvalue weighted by molar-refractivity contribution is 9.10. The first-order valence-electron chi connectivity index (χ1n) is 5.49. The summed E-state index contributed by atoms with van der Waals surface area (Å²) >= 11 is 3.26. The number of amides is 1. The molecule has 96 valence electrons. The molecular weight excluding hydrogens is 307 g/mol. The van der Waals surface area contributed by atoms with Gasteiger partial charge < -0.3 is 15.1 Å². The van der Waals surface area contributed by atoms with Gasteiger partial charge in [0, 0.05) is 6.54 Å². The van der Waals surface area contributed by atoms with Gasteiger partial charge in [-0.1, -0.05) is 0 Å². The average molecular weight is 324 g/mol. The molecule has 1 aliphatic heterocycles. The summed E-state index contributed by atoms with van der Waals surface area (Å²) in [4.78, 5) is 11.6. The molecule has 0 radical (unpaired) electrons. The molecule has 1 aliphatic rings. The second-order valence-electron chi connectivity index (χ2n) is 4.00. The highest BCUT2D eigenvalue weighted by atomic mass is 79.9. The fourth-order valence-corrected chi connectivity index (χ4v) is 2.27. The molecule has 1 aromatic heterocycles. The number of furan rings is 1. The average Bonchev–Trinajstić information content (AvgIpc) is 2.88. The number of carbonyl (C=O) groups is 1. The summed E-state index contributed by atoms with van der Waals surface area (Å²) < 4.78 is 5.78. The second kappa shape index (κ2) is 7.03. The van der Waals surface area contributed by atoms with Crippen molar-refractivity contribution in [2.45, 2.75) is 12.8 Å². The Morgan fingerprint density at radius 1 is 1.65 bits per heavy atom. The van der Waals surface area contributed by atoms with Crippen LogP contribution in [0.3, 0.4) is 0 Å². The van der Waals surface area contributed by atoms with Crippen molar-refractivity contribution in [1.29, 1.82) is 0 Å². The quantitative estimate of drug-likeness (QED) is 0.893. The Kier molecular flexibility index (Phi) is 6.02. The minimum atomic E-state index is -0.150. The van der Waals surface area contributed by atoms with Gasteiger partial charge in [-0.05, 0) is 53.8 Å². The Morgan fingerprint density at radius 2 is 2.47 bits per heavy atom. The minimum Gasteiger partial charge on any atom is -0.458 e. The van der Waals surface area contributed by atoms with Crippen LogP contribution in [0.25, 0.3) is 0 Å². The minimum absolute atomic E-state index is 0. The van der Waals surface area contributed by atoms with E-state index in [9.17, 15) is 4.79 Å². The van der Waals surface area contributed by atoms with Crippen molar-refractivity contribution in [3.8, 4) is 0 Å². The lowest BCUT2D eigenvalue weighted by Gasteiger charge is -2.08. The third kappa shape index (κ3) is 4.01. The monoisotopic (exact) mass is 322 g/mol. The SMILES string of the molecule is Cl.O=C(NCCC1CCNC1)c1occc1Br. The predicted octanol–water partition coefficient (Wildman–Crippen LogP) is 2.19. The Hall–Kier alpha value is -0.520. The van der Waals surface area contributed by atoms with Gasteiger partial charge in [0.05, 0.1) is 10.7 Å². The molecule has 0 spiro atoms. The highest BCUT2D eigenvalue weighted by Crippen LogP contribution is 2.17. The predicted molar refractivity (Wildman–Crippen MR) is 71.6 cm³/mol. The molecule has 17 heavy (non-hydrogen) atoms. The van der Waals surface area contributed by atoms with Gasteiger partial charge in [0.15, 0.2) is 0 Å². The van der Waals surface area contributed by atoms with E-state index in [0.29, 0.717) is 22.7 Å². The molecule has 0 saturated carbocycles. The Labute approximate surface area is 115 Å². The zero-order chi connectivity index (χ0) is 11.4. The molecule has 2 N–H and O–H groups in total. The highest BCUT2D eigenvalue weighted by Gasteiger charge is 2.16. The summed E-state index contributed by atoms with van der Waals surface area (Å²) in [5.41, 5.74) is 0. The molecule has 2 rings (SSSR count). The first kappa shape index (κ1) is 14.5. The fraction of sp³-hybridized carbons (Fsp3) is 0.545. The summed E-state index contributed by atoms with van der Waals surface area (Å²) in [6.07, 6.45) is 3.73. The van der Waals surface area contributed by atoms with Crippen LogP contribution in [0.5, 0.6) is 0 Å². The first-order valence-corrected chi connectivity index (χ1v) is 6.28. The molecular formula is C11H16BrClN2O2. The molecule has 6 heteroatoms. The molecule has 0 bridgehead atoms. The summed E-state index contributed by atoms with van der Waals surface area (Å²) in [5, 5.41) is 6.17. The number of hydrogen-bond acceptors (Lipinski definition) is 3. The number of nitrogens with one attached hydrogen (secondary N) is 2. The standard InChI is InChI=1S/C11H15BrN2O2.ClH/c12-9-3-6-16-10(9)11(15)14-5-2-8-1-4-13-7-8;/h3,6,8,13H,1-2,4-5,7H2,(H,14,15);1H. The molecule has 0 aromatic carbocycles. The summed E-state index contributed by atoms with van der Waals surface area (Å²) in [5.74, 6) is 0.896. The summed E-state index contributed by atoms with van der Waals surface area (Å²) in [6.45, 7) is 2.88. The zero-order valence-electron chi connectivity index (χ0n) is 9.37. The van der Waals surface area contributed by atoms with E-state index in [0.717, 1.165) is 19.5 Å². The molecule has 1 aromatic rings. The number of carbonyl (C=O) groups excluding carboxylic acids is 1. The molecule has 4 nitrogen and oxygen atoms in total. The van der Waals surface area contributed by atoms with Crippen LogP contribution < -0.4 is 10.6 Å². The lowest BCUT2D eigenvalue weighted by molar-refractivity contribution is 0.0923. The lowest BCUT2D eigenvalue weighted by Crippen LogP contribution is -2.26. The maximum absolute atomic E-state index is 11.6. The maximum atomic E-state index is 11.6. The van der Waals surface area contributed by atoms with Crippen molar-refractivity contribution < 1.29 is 9.21 Å². The smallest absolute Gasteiger partial charge is 0.288 e. The molecule has 0 aliphatic carbocycles. The summed E-state index contributed by atoms with van der Waals surface area (Å²) in [6, 6.07) is 1.72. The van der Waals surface area contributed by atoms with Gasteiger partial charge in [-0.3, -0.25) is 4.79 Å². The van der Waals surface area contributed by atoms with Crippen LogP contribution in [0.2, 0.25) is 0 Å². The normalized spacial score (nSPS) is 18.8. The maximum Gasteiger partial charge on any atom is 0.288 e. The third-order valence-corrected chi connectivity index (χ3v) is 3.45. The molecule has 2 heterocycles. The van der Waals surface area contributed by atoms with E-state index in [4.69, 9.17) is 4.42 Å². The van der Waals surface area contributed by atoms with E-state index < -0.39 is 0 Å². The van der Waals surface area contributed by atoms with Crippen molar-refractivity contribution in [2.75, 3.05) is 19.6 Å². The van der Waals surface area contributed by atoms with Gasteiger partial charge in [0.1, 0.15) is 0 Å². The Balaban J connectivity index is 0.00000144. The van der Waals surface area contributed by atoms with Crippen LogP contribution in [0.4, 0.5) is 0 Å². The summed E-state index contributed by atoms with van der Waals surface area (Å²) in [7, 11) is 0. The number of rotatable bonds is 4. The van der Waals surface area contributed by atoms with Gasteiger partial charge in [0.2, 0.25) is 5.76 Å². The molecule has 1 saturated heterocycles. The molecule has 1 amide bonds. The number of halogens is 2. The first-order chi connectivity index (χ1) is 7.77. The van der Waals surface area contributed by atoms with E-state index in [1.165, 1.54) is 12.7 Å². The van der Waals surface area contributed by atoms with Crippen LogP contribution in [-0.2, 0) is 0 Å². The molecule has 1 fully saturated rings. The fourth-order valence-electron chi connectivity index (χ4n) is 1.89. The van der Waals surface area contributed by atoms with Gasteiger partial charge in [-0.15, -0.1) is 12.4 Å².